The lowest BCUT2D eigenvalue weighted by atomic mass is 10.3. The molecule has 0 aliphatic carbocycles. The minimum atomic E-state index is -0.313. The predicted octanol–water partition coefficient (Wildman–Crippen LogP) is 0.504. The quantitative estimate of drug-likeness (QED) is 0.761. The number of aromatic nitrogens is 3. The molecule has 18 heavy (non-hydrogen) atoms. The van der Waals surface area contributed by atoms with Crippen molar-refractivity contribution in [1.82, 2.24) is 14.8 Å². The molecule has 0 saturated carbocycles. The molecule has 0 radical (unpaired) electrons. The van der Waals surface area contributed by atoms with Crippen molar-refractivity contribution in [2.45, 2.75) is 36.9 Å². The molecule has 0 unspecified atom stereocenters. The highest BCUT2D eigenvalue weighted by Crippen LogP contribution is 2.22. The van der Waals surface area contributed by atoms with Gasteiger partial charge >= 0.3 is 0 Å². The van der Waals surface area contributed by atoms with E-state index in [9.17, 15) is 4.79 Å². The summed E-state index contributed by atoms with van der Waals surface area (Å²) in [5.74, 6) is 1.39. The SMILES string of the molecule is Cn1c(CCC(N)=O)nnc1SC[C@H]1CCCO1. The van der Waals surface area contributed by atoms with Crippen LogP contribution >= 0.6 is 11.8 Å². The number of primary amides is 1. The molecule has 1 aromatic heterocycles. The van der Waals surface area contributed by atoms with Gasteiger partial charge in [-0.2, -0.15) is 0 Å². The molecule has 0 spiro atoms. The molecule has 2 N–H and O–H groups in total. The number of thioether (sulfide) groups is 1. The summed E-state index contributed by atoms with van der Waals surface area (Å²) in [7, 11) is 1.91. The Bertz CT molecular complexity index is 415. The van der Waals surface area contributed by atoms with Gasteiger partial charge in [-0.15, -0.1) is 10.2 Å². The van der Waals surface area contributed by atoms with Gasteiger partial charge in [0.2, 0.25) is 5.91 Å². The molecular formula is C11H18N4O2S. The highest BCUT2D eigenvalue weighted by Gasteiger charge is 2.17. The van der Waals surface area contributed by atoms with Crippen LogP contribution in [0.2, 0.25) is 0 Å². The Hall–Kier alpha value is -1.08. The number of amides is 1. The molecule has 0 bridgehead atoms. The number of ether oxygens (including phenoxy) is 1. The van der Waals surface area contributed by atoms with Gasteiger partial charge in [-0.25, -0.2) is 0 Å². The lowest BCUT2D eigenvalue weighted by Crippen LogP contribution is -2.13. The Labute approximate surface area is 110 Å². The molecule has 1 amide bonds. The van der Waals surface area contributed by atoms with Crippen LogP contribution in [0.25, 0.3) is 0 Å². The van der Waals surface area contributed by atoms with Crippen molar-refractivity contribution < 1.29 is 9.53 Å². The van der Waals surface area contributed by atoms with Gasteiger partial charge in [0.05, 0.1) is 6.10 Å². The Balaban J connectivity index is 1.86. The summed E-state index contributed by atoms with van der Waals surface area (Å²) in [6.45, 7) is 0.869. The third-order valence-corrected chi connectivity index (χ3v) is 4.09. The van der Waals surface area contributed by atoms with Crippen LogP contribution in [0.15, 0.2) is 5.16 Å². The highest BCUT2D eigenvalue weighted by molar-refractivity contribution is 7.99. The van der Waals surface area contributed by atoms with E-state index in [1.807, 2.05) is 11.6 Å². The molecule has 7 heteroatoms. The minimum absolute atomic E-state index is 0.308. The molecular weight excluding hydrogens is 252 g/mol. The Kier molecular flexibility index (Phi) is 4.60. The van der Waals surface area contributed by atoms with E-state index >= 15 is 0 Å². The zero-order chi connectivity index (χ0) is 13.0. The largest absolute Gasteiger partial charge is 0.377 e. The van der Waals surface area contributed by atoms with E-state index in [2.05, 4.69) is 10.2 Å². The second kappa shape index (κ2) is 6.19. The van der Waals surface area contributed by atoms with Gasteiger partial charge in [-0.3, -0.25) is 4.79 Å². The zero-order valence-corrected chi connectivity index (χ0v) is 11.3. The zero-order valence-electron chi connectivity index (χ0n) is 10.5. The first-order chi connectivity index (χ1) is 8.66. The number of carbonyl (C=O) groups excluding carboxylic acids is 1. The maximum absolute atomic E-state index is 10.7. The number of rotatable bonds is 6. The maximum Gasteiger partial charge on any atom is 0.217 e. The van der Waals surface area contributed by atoms with Crippen molar-refractivity contribution >= 4 is 17.7 Å². The molecule has 2 heterocycles. The number of carbonyl (C=O) groups is 1. The van der Waals surface area contributed by atoms with Crippen molar-refractivity contribution in [3.05, 3.63) is 5.82 Å². The van der Waals surface area contributed by atoms with Gasteiger partial charge in [0.1, 0.15) is 5.82 Å². The summed E-state index contributed by atoms with van der Waals surface area (Å²) >= 11 is 1.65. The first-order valence-electron chi connectivity index (χ1n) is 6.08. The summed E-state index contributed by atoms with van der Waals surface area (Å²) in [4.78, 5) is 10.7. The summed E-state index contributed by atoms with van der Waals surface area (Å²) < 4.78 is 7.48. The number of hydrogen-bond donors (Lipinski definition) is 1. The van der Waals surface area contributed by atoms with Crippen molar-refractivity contribution in [2.75, 3.05) is 12.4 Å². The predicted molar refractivity (Wildman–Crippen MR) is 68.2 cm³/mol. The van der Waals surface area contributed by atoms with E-state index in [0.29, 0.717) is 18.9 Å². The van der Waals surface area contributed by atoms with Crippen LogP contribution in [0.4, 0.5) is 0 Å². The van der Waals surface area contributed by atoms with E-state index in [1.54, 1.807) is 11.8 Å². The summed E-state index contributed by atoms with van der Waals surface area (Å²) in [6, 6.07) is 0. The normalized spacial score (nSPS) is 19.3. The van der Waals surface area contributed by atoms with Crippen molar-refractivity contribution in [3.63, 3.8) is 0 Å². The number of nitrogens with zero attached hydrogens (tertiary/aromatic N) is 3. The summed E-state index contributed by atoms with van der Waals surface area (Å²) in [5, 5.41) is 9.07. The van der Waals surface area contributed by atoms with Gasteiger partial charge < -0.3 is 15.0 Å². The van der Waals surface area contributed by atoms with Gasteiger partial charge in [0, 0.05) is 32.2 Å². The topological polar surface area (TPSA) is 83.0 Å². The molecule has 1 atom stereocenters. The van der Waals surface area contributed by atoms with Gasteiger partial charge in [0.25, 0.3) is 0 Å². The van der Waals surface area contributed by atoms with Crippen LogP contribution < -0.4 is 5.73 Å². The fraction of sp³-hybridized carbons (Fsp3) is 0.727. The third kappa shape index (κ3) is 3.46. The van der Waals surface area contributed by atoms with Crippen LogP contribution in [0.5, 0.6) is 0 Å². The summed E-state index contributed by atoms with van der Waals surface area (Å²) in [5.41, 5.74) is 5.12. The molecule has 0 aromatic carbocycles. The second-order valence-electron chi connectivity index (χ2n) is 4.37. The number of aryl methyl sites for hydroxylation is 1. The lowest BCUT2D eigenvalue weighted by Gasteiger charge is -2.08. The molecule has 1 fully saturated rings. The van der Waals surface area contributed by atoms with Crippen LogP contribution in [-0.4, -0.2) is 39.1 Å². The Morgan fingerprint density at radius 1 is 1.61 bits per heavy atom. The van der Waals surface area contributed by atoms with Gasteiger partial charge in [0.15, 0.2) is 5.16 Å². The standard InChI is InChI=1S/C11H18N4O2S/c1-15-10(5-4-9(12)16)13-14-11(15)18-7-8-3-2-6-17-8/h8H,2-7H2,1H3,(H2,12,16)/t8-/m1/s1. The first-order valence-corrected chi connectivity index (χ1v) is 7.06. The third-order valence-electron chi connectivity index (χ3n) is 2.94. The van der Waals surface area contributed by atoms with E-state index in [-0.39, 0.29) is 5.91 Å². The van der Waals surface area contributed by atoms with Gasteiger partial charge in [-0.1, -0.05) is 11.8 Å². The number of nitrogens with two attached hydrogens (primary N) is 1. The molecule has 2 rings (SSSR count). The molecule has 100 valence electrons. The molecule has 6 nitrogen and oxygen atoms in total. The van der Waals surface area contributed by atoms with E-state index < -0.39 is 0 Å². The molecule has 1 aliphatic heterocycles. The fourth-order valence-electron chi connectivity index (χ4n) is 1.87. The minimum Gasteiger partial charge on any atom is -0.377 e. The molecule has 1 aromatic rings. The van der Waals surface area contributed by atoms with E-state index in [1.165, 1.54) is 0 Å². The van der Waals surface area contributed by atoms with Gasteiger partial charge in [-0.05, 0) is 12.8 Å². The Morgan fingerprint density at radius 2 is 2.44 bits per heavy atom. The highest BCUT2D eigenvalue weighted by atomic mass is 32.2. The number of hydrogen-bond acceptors (Lipinski definition) is 5. The second-order valence-corrected chi connectivity index (χ2v) is 5.36. The van der Waals surface area contributed by atoms with Crippen LogP contribution in [0.1, 0.15) is 25.1 Å². The average Bonchev–Trinajstić information content (AvgIpc) is 2.94. The fourth-order valence-corrected chi connectivity index (χ4v) is 2.86. The summed E-state index contributed by atoms with van der Waals surface area (Å²) in [6.07, 6.45) is 3.45. The smallest absolute Gasteiger partial charge is 0.217 e. The van der Waals surface area contributed by atoms with Crippen molar-refractivity contribution in [1.29, 1.82) is 0 Å². The Morgan fingerprint density at radius 3 is 3.11 bits per heavy atom. The van der Waals surface area contributed by atoms with Crippen LogP contribution in [0.3, 0.4) is 0 Å². The maximum atomic E-state index is 10.7. The molecule has 1 aliphatic rings. The monoisotopic (exact) mass is 270 g/mol. The first kappa shape index (κ1) is 13.4. The van der Waals surface area contributed by atoms with E-state index in [4.69, 9.17) is 10.5 Å². The lowest BCUT2D eigenvalue weighted by molar-refractivity contribution is -0.118. The van der Waals surface area contributed by atoms with E-state index in [0.717, 1.165) is 36.2 Å². The van der Waals surface area contributed by atoms with Crippen molar-refractivity contribution in [3.8, 4) is 0 Å². The molecule has 1 saturated heterocycles. The average molecular weight is 270 g/mol. The van der Waals surface area contributed by atoms with Crippen LogP contribution in [0, 0.1) is 0 Å². The van der Waals surface area contributed by atoms with Crippen LogP contribution in [-0.2, 0) is 23.0 Å². The van der Waals surface area contributed by atoms with Crippen molar-refractivity contribution in [2.24, 2.45) is 12.8 Å².